The highest BCUT2D eigenvalue weighted by molar-refractivity contribution is 7.93. The van der Waals surface area contributed by atoms with Crippen molar-refractivity contribution in [1.82, 2.24) is 24.7 Å². The summed E-state index contributed by atoms with van der Waals surface area (Å²) in [6.45, 7) is 6.42. The van der Waals surface area contributed by atoms with Crippen molar-refractivity contribution in [2.45, 2.75) is 50.7 Å². The molecule has 2 aromatic heterocycles. The van der Waals surface area contributed by atoms with Gasteiger partial charge in [-0.05, 0) is 44.4 Å². The maximum Gasteiger partial charge on any atom is 0.243 e. The second kappa shape index (κ2) is 10.8. The lowest BCUT2D eigenvalue weighted by Gasteiger charge is -2.24. The van der Waals surface area contributed by atoms with Crippen molar-refractivity contribution in [3.05, 3.63) is 47.8 Å². The minimum atomic E-state index is -3.92. The number of rotatable bonds is 9. The maximum atomic E-state index is 13.5. The second-order valence-corrected chi connectivity index (χ2v) is 10.9. The normalized spacial score (nSPS) is 17.9. The summed E-state index contributed by atoms with van der Waals surface area (Å²) in [6.07, 6.45) is 5.05. The van der Waals surface area contributed by atoms with Gasteiger partial charge in [-0.2, -0.15) is 0 Å². The van der Waals surface area contributed by atoms with Crippen LogP contribution in [0.4, 0.5) is 5.95 Å². The average Bonchev–Trinajstić information content (AvgIpc) is 3.30. The number of ether oxygens (including phenoxy) is 3. The maximum absolute atomic E-state index is 13.5. The molecule has 0 radical (unpaired) electrons. The summed E-state index contributed by atoms with van der Waals surface area (Å²) in [7, 11) is -0.838. The Morgan fingerprint density at radius 1 is 1.11 bits per heavy atom. The molecule has 11 nitrogen and oxygen atoms in total. The van der Waals surface area contributed by atoms with E-state index in [1.165, 1.54) is 0 Å². The third-order valence-electron chi connectivity index (χ3n) is 6.47. The monoisotopic (exact) mass is 516 g/mol. The van der Waals surface area contributed by atoms with E-state index < -0.39 is 21.2 Å². The molecule has 3 atom stereocenters. The summed E-state index contributed by atoms with van der Waals surface area (Å²) in [5, 5.41) is 7.79. The van der Waals surface area contributed by atoms with Crippen LogP contribution < -0.4 is 14.2 Å². The van der Waals surface area contributed by atoms with E-state index in [1.54, 1.807) is 63.2 Å². The number of benzene rings is 1. The molecule has 1 aromatic carbocycles. The van der Waals surface area contributed by atoms with Crippen LogP contribution in [0.3, 0.4) is 0 Å². The third kappa shape index (κ3) is 5.14. The number of nitrogens with one attached hydrogen (secondary N) is 1. The third-order valence-corrected chi connectivity index (χ3v) is 8.33. The second-order valence-electron chi connectivity index (χ2n) is 8.90. The van der Waals surface area contributed by atoms with E-state index in [1.807, 2.05) is 6.92 Å². The van der Waals surface area contributed by atoms with E-state index in [-0.39, 0.29) is 11.9 Å². The predicted octanol–water partition coefficient (Wildman–Crippen LogP) is 3.21. The molecule has 12 heteroatoms. The van der Waals surface area contributed by atoms with Gasteiger partial charge >= 0.3 is 0 Å². The van der Waals surface area contributed by atoms with Gasteiger partial charge in [0.1, 0.15) is 28.8 Å². The van der Waals surface area contributed by atoms with E-state index in [4.69, 9.17) is 14.2 Å². The molecule has 1 N–H and O–H groups in total. The van der Waals surface area contributed by atoms with Crippen molar-refractivity contribution in [2.24, 2.45) is 0 Å². The van der Waals surface area contributed by atoms with Crippen molar-refractivity contribution >= 4 is 16.0 Å². The van der Waals surface area contributed by atoms with Crippen LogP contribution in [-0.4, -0.2) is 65.8 Å². The number of para-hydroxylation sites is 1. The van der Waals surface area contributed by atoms with Crippen LogP contribution in [0.1, 0.15) is 55.7 Å². The fourth-order valence-electron chi connectivity index (χ4n) is 4.18. The van der Waals surface area contributed by atoms with Gasteiger partial charge in [0.2, 0.25) is 16.0 Å². The highest BCUT2D eigenvalue weighted by Gasteiger charge is 2.33. The van der Waals surface area contributed by atoms with Gasteiger partial charge in [-0.3, -0.25) is 9.29 Å². The standard InChI is InChI=1S/C24H32N6O5S/c1-15-12-25-22(26-13-15)16(2)17(3)36(31,32)29-24-28-27-23(18-8-7-11-35-14-18)30(24)21-19(33-4)9-6-10-20(21)34-5/h6,9-10,12-13,16-18H,7-8,11,14H2,1-5H3,(H,28,29)/t16-,17-,18?/m0/s1. The zero-order valence-electron chi connectivity index (χ0n) is 21.1. The smallest absolute Gasteiger partial charge is 0.243 e. The van der Waals surface area contributed by atoms with Crippen LogP contribution in [0.2, 0.25) is 0 Å². The molecule has 0 spiro atoms. The van der Waals surface area contributed by atoms with Gasteiger partial charge in [-0.15, -0.1) is 10.2 Å². The largest absolute Gasteiger partial charge is 0.494 e. The Labute approximate surface area is 211 Å². The van der Waals surface area contributed by atoms with Gasteiger partial charge in [-0.1, -0.05) is 13.0 Å². The lowest BCUT2D eigenvalue weighted by molar-refractivity contribution is 0.0775. The van der Waals surface area contributed by atoms with Crippen LogP contribution in [-0.2, 0) is 14.8 Å². The lowest BCUT2D eigenvalue weighted by Crippen LogP contribution is -2.31. The summed E-state index contributed by atoms with van der Waals surface area (Å²) in [4.78, 5) is 8.62. The van der Waals surface area contributed by atoms with Crippen molar-refractivity contribution in [1.29, 1.82) is 0 Å². The average molecular weight is 517 g/mol. The SMILES string of the molecule is COc1cccc(OC)c1-n1c(NS(=O)(=O)[C@@H](C)[C@H](C)c2ncc(C)cn2)nnc1C1CCCOC1. The number of hydrogen-bond acceptors (Lipinski definition) is 9. The molecule has 1 aliphatic rings. The van der Waals surface area contributed by atoms with Gasteiger partial charge < -0.3 is 14.2 Å². The highest BCUT2D eigenvalue weighted by Crippen LogP contribution is 2.38. The van der Waals surface area contributed by atoms with Gasteiger partial charge in [0.05, 0.1) is 26.1 Å². The molecular formula is C24H32N6O5S. The van der Waals surface area contributed by atoms with Gasteiger partial charge in [0.25, 0.3) is 0 Å². The highest BCUT2D eigenvalue weighted by atomic mass is 32.2. The molecule has 4 rings (SSSR count). The summed E-state index contributed by atoms with van der Waals surface area (Å²) in [6, 6.07) is 5.34. The molecule has 36 heavy (non-hydrogen) atoms. The Hall–Kier alpha value is -3.25. The summed E-state index contributed by atoms with van der Waals surface area (Å²) in [5.41, 5.74) is 1.41. The molecule has 0 bridgehead atoms. The fraction of sp³-hybridized carbons (Fsp3) is 0.500. The topological polar surface area (TPSA) is 130 Å². The molecule has 1 unspecified atom stereocenters. The van der Waals surface area contributed by atoms with E-state index in [9.17, 15) is 8.42 Å². The predicted molar refractivity (Wildman–Crippen MR) is 134 cm³/mol. The summed E-state index contributed by atoms with van der Waals surface area (Å²) < 4.78 is 48.3. The van der Waals surface area contributed by atoms with Gasteiger partial charge in [-0.25, -0.2) is 18.4 Å². The van der Waals surface area contributed by atoms with E-state index in [0.717, 1.165) is 18.4 Å². The molecule has 1 saturated heterocycles. The molecule has 3 aromatic rings. The Balaban J connectivity index is 1.77. The van der Waals surface area contributed by atoms with E-state index in [0.29, 0.717) is 42.0 Å². The number of hydrogen-bond donors (Lipinski definition) is 1. The number of anilines is 1. The molecule has 194 valence electrons. The first-order valence-corrected chi connectivity index (χ1v) is 13.4. The van der Waals surface area contributed by atoms with Crippen LogP contribution in [0.15, 0.2) is 30.6 Å². The minimum Gasteiger partial charge on any atom is -0.494 e. The Morgan fingerprint density at radius 3 is 2.36 bits per heavy atom. The van der Waals surface area contributed by atoms with E-state index >= 15 is 0 Å². The van der Waals surface area contributed by atoms with Crippen molar-refractivity contribution in [2.75, 3.05) is 32.2 Å². The molecule has 3 heterocycles. The molecular weight excluding hydrogens is 484 g/mol. The summed E-state index contributed by atoms with van der Waals surface area (Å²) >= 11 is 0. The fourth-order valence-corrected chi connectivity index (χ4v) is 5.41. The number of nitrogens with zero attached hydrogens (tertiary/aromatic N) is 5. The lowest BCUT2D eigenvalue weighted by atomic mass is 10.0. The number of aryl methyl sites for hydroxylation is 1. The Morgan fingerprint density at radius 2 is 1.78 bits per heavy atom. The number of sulfonamides is 1. The molecule has 0 saturated carbocycles. The van der Waals surface area contributed by atoms with Crippen molar-refractivity contribution in [3.63, 3.8) is 0 Å². The quantitative estimate of drug-likeness (QED) is 0.455. The number of aromatic nitrogens is 5. The van der Waals surface area contributed by atoms with Gasteiger partial charge in [0.15, 0.2) is 0 Å². The van der Waals surface area contributed by atoms with Crippen molar-refractivity contribution < 1.29 is 22.6 Å². The first kappa shape index (κ1) is 25.8. The summed E-state index contributed by atoms with van der Waals surface area (Å²) in [5.74, 6) is 1.50. The van der Waals surface area contributed by atoms with Crippen LogP contribution in [0.5, 0.6) is 11.5 Å². The Kier molecular flexibility index (Phi) is 7.74. The Bertz CT molecular complexity index is 1270. The van der Waals surface area contributed by atoms with Crippen LogP contribution in [0.25, 0.3) is 5.69 Å². The van der Waals surface area contributed by atoms with Crippen LogP contribution >= 0.6 is 0 Å². The molecule has 1 aliphatic heterocycles. The molecule has 0 amide bonds. The van der Waals surface area contributed by atoms with Crippen molar-refractivity contribution in [3.8, 4) is 17.2 Å². The van der Waals surface area contributed by atoms with Crippen LogP contribution in [0, 0.1) is 6.92 Å². The molecule has 0 aliphatic carbocycles. The van der Waals surface area contributed by atoms with Gasteiger partial charge in [0, 0.05) is 30.8 Å². The number of methoxy groups -OCH3 is 2. The first-order chi connectivity index (χ1) is 17.3. The minimum absolute atomic E-state index is 0.0437. The molecule has 1 fully saturated rings. The first-order valence-electron chi connectivity index (χ1n) is 11.8. The zero-order chi connectivity index (χ0) is 25.9. The van der Waals surface area contributed by atoms with E-state index in [2.05, 4.69) is 24.9 Å². The zero-order valence-corrected chi connectivity index (χ0v) is 21.9.